The van der Waals surface area contributed by atoms with Crippen molar-refractivity contribution in [2.45, 2.75) is 6.18 Å². The summed E-state index contributed by atoms with van der Waals surface area (Å²) in [7, 11) is 0. The minimum atomic E-state index is -4.71. The third-order valence-corrected chi connectivity index (χ3v) is 14.0. The fourth-order valence-corrected chi connectivity index (χ4v) is 11.5. The topological polar surface area (TPSA) is 57.4 Å². The lowest BCUT2D eigenvalue weighted by Gasteiger charge is -2.20. The molecule has 0 aliphatic rings. The van der Waals surface area contributed by atoms with Crippen molar-refractivity contribution in [2.24, 2.45) is 0 Å². The molecule has 0 radical (unpaired) electrons. The summed E-state index contributed by atoms with van der Waals surface area (Å²) in [6.45, 7) is 0. The molecule has 0 saturated carbocycles. The van der Waals surface area contributed by atoms with Crippen molar-refractivity contribution in [3.8, 4) is 34.6 Å². The minimum Gasteiger partial charge on any atom is -0.306 e. The number of para-hydroxylation sites is 2. The Balaban J connectivity index is 1.33. The Morgan fingerprint density at radius 3 is 1.48 bits per heavy atom. The zero-order chi connectivity index (χ0) is 40.4. The van der Waals surface area contributed by atoms with Crippen LogP contribution in [0.1, 0.15) is 16.7 Å². The van der Waals surface area contributed by atoms with Gasteiger partial charge in [-0.15, -0.1) is 22.7 Å². The third kappa shape index (κ3) is 4.82. The van der Waals surface area contributed by atoms with Crippen molar-refractivity contribution >= 4 is 107 Å². The largest absolute Gasteiger partial charge is 0.416 e. The van der Waals surface area contributed by atoms with Crippen molar-refractivity contribution in [1.82, 2.24) is 9.13 Å². The summed E-state index contributed by atoms with van der Waals surface area (Å²) < 4.78 is 52.4. The standard InChI is InChI=1S/C51H25F3N4S2/c52-51(53,54)31-22-28(26-55)21-29(23-31)38-25-42(58-40-14-6-2-10-33(40)35-18-20-46-48(50(35)58)37-12-4-8-16-44(37)60-46)41(24-30(38)27-56)57-39-13-5-1-9-32(39)34-17-19-45-47(49(34)57)36-11-3-7-15-43(36)59-45/h1-25H. The number of nitrogens with zero attached hydrogens (tertiary/aromatic N) is 4. The van der Waals surface area contributed by atoms with E-state index in [-0.39, 0.29) is 16.7 Å². The molecule has 8 aromatic carbocycles. The molecular weight excluding hydrogens is 790 g/mol. The number of thiophene rings is 2. The molecule has 0 saturated heterocycles. The van der Waals surface area contributed by atoms with Crippen LogP contribution in [0.3, 0.4) is 0 Å². The molecule has 0 fully saturated rings. The zero-order valence-electron chi connectivity index (χ0n) is 31.2. The summed E-state index contributed by atoms with van der Waals surface area (Å²) in [6, 6.07) is 53.1. The van der Waals surface area contributed by atoms with Gasteiger partial charge in [0.05, 0.1) is 62.3 Å². The molecule has 12 rings (SSSR count). The maximum absolute atomic E-state index is 14.5. The van der Waals surface area contributed by atoms with Crippen LogP contribution >= 0.6 is 22.7 Å². The Morgan fingerprint density at radius 2 is 0.967 bits per heavy atom. The second-order valence-corrected chi connectivity index (χ2v) is 17.1. The number of alkyl halides is 3. The summed E-state index contributed by atoms with van der Waals surface area (Å²) in [5.41, 5.74) is 4.62. The lowest BCUT2D eigenvalue weighted by atomic mass is 9.94. The van der Waals surface area contributed by atoms with Gasteiger partial charge in [-0.3, -0.25) is 0 Å². The van der Waals surface area contributed by atoms with E-state index in [4.69, 9.17) is 0 Å². The Labute approximate surface area is 347 Å². The number of rotatable bonds is 3. The monoisotopic (exact) mass is 814 g/mol. The van der Waals surface area contributed by atoms with Crippen molar-refractivity contribution in [3.05, 3.63) is 168 Å². The van der Waals surface area contributed by atoms with Gasteiger partial charge >= 0.3 is 6.18 Å². The lowest BCUT2D eigenvalue weighted by Crippen LogP contribution is -2.07. The van der Waals surface area contributed by atoms with E-state index in [1.54, 1.807) is 22.7 Å². The van der Waals surface area contributed by atoms with Gasteiger partial charge in [0.2, 0.25) is 0 Å². The van der Waals surface area contributed by atoms with Crippen molar-refractivity contribution in [2.75, 3.05) is 0 Å². The molecule has 0 aliphatic carbocycles. The van der Waals surface area contributed by atoms with Crippen LogP contribution in [-0.2, 0) is 6.18 Å². The molecule has 4 heterocycles. The van der Waals surface area contributed by atoms with E-state index >= 15 is 0 Å². The maximum Gasteiger partial charge on any atom is 0.416 e. The van der Waals surface area contributed by atoms with Gasteiger partial charge in [-0.25, -0.2) is 0 Å². The second kappa shape index (κ2) is 12.5. The average Bonchev–Trinajstić information content (AvgIpc) is 4.03. The van der Waals surface area contributed by atoms with Gasteiger partial charge in [0.1, 0.15) is 0 Å². The summed E-state index contributed by atoms with van der Waals surface area (Å²) in [5, 5.41) is 29.5. The number of hydrogen-bond donors (Lipinski definition) is 0. The highest BCUT2D eigenvalue weighted by atomic mass is 32.1. The first-order valence-electron chi connectivity index (χ1n) is 19.2. The molecule has 0 atom stereocenters. The Bertz CT molecular complexity index is 3920. The van der Waals surface area contributed by atoms with Gasteiger partial charge in [-0.2, -0.15) is 23.7 Å². The molecule has 60 heavy (non-hydrogen) atoms. The fraction of sp³-hybridized carbons (Fsp3) is 0.0196. The van der Waals surface area contributed by atoms with Crippen LogP contribution in [0.4, 0.5) is 13.2 Å². The first-order chi connectivity index (χ1) is 29.3. The van der Waals surface area contributed by atoms with E-state index < -0.39 is 11.7 Å². The molecule has 4 aromatic heterocycles. The Hall–Kier alpha value is -7.43. The van der Waals surface area contributed by atoms with Crippen LogP contribution < -0.4 is 0 Å². The number of halogens is 3. The molecule has 0 aliphatic heterocycles. The van der Waals surface area contributed by atoms with E-state index in [9.17, 15) is 23.7 Å². The maximum atomic E-state index is 14.5. The molecular formula is C51H25F3N4S2. The number of nitriles is 2. The predicted molar refractivity (Wildman–Crippen MR) is 241 cm³/mol. The Morgan fingerprint density at radius 1 is 0.467 bits per heavy atom. The predicted octanol–water partition coefficient (Wildman–Crippen LogP) is 15.0. The highest BCUT2D eigenvalue weighted by Crippen LogP contribution is 2.48. The SMILES string of the molecule is N#Cc1cc(-c2cc(-n3c4ccccc4c4ccc5sc6ccccc6c5c43)c(-n3c4ccccc4c4ccc5sc6ccccc6c5c43)cc2C#N)cc(C(F)(F)F)c1. The van der Waals surface area contributed by atoms with Gasteiger partial charge < -0.3 is 9.13 Å². The van der Waals surface area contributed by atoms with E-state index in [1.807, 2.05) is 66.7 Å². The molecule has 0 unspecified atom stereocenters. The molecule has 0 bridgehead atoms. The summed E-state index contributed by atoms with van der Waals surface area (Å²) in [4.78, 5) is 0. The van der Waals surface area contributed by atoms with Crippen LogP contribution in [0, 0.1) is 22.7 Å². The van der Waals surface area contributed by atoms with Crippen molar-refractivity contribution in [3.63, 3.8) is 0 Å². The first-order valence-corrected chi connectivity index (χ1v) is 20.8. The summed E-state index contributed by atoms with van der Waals surface area (Å²) in [6.07, 6.45) is -4.71. The minimum absolute atomic E-state index is 0.131. The van der Waals surface area contributed by atoms with E-state index in [0.29, 0.717) is 16.9 Å². The van der Waals surface area contributed by atoms with Crippen LogP contribution in [-0.4, -0.2) is 9.13 Å². The quantitative estimate of drug-likeness (QED) is 0.178. The van der Waals surface area contributed by atoms with Crippen LogP contribution in [0.2, 0.25) is 0 Å². The van der Waals surface area contributed by atoms with Gasteiger partial charge in [-0.1, -0.05) is 84.9 Å². The van der Waals surface area contributed by atoms with Gasteiger partial charge in [0.25, 0.3) is 0 Å². The first kappa shape index (κ1) is 34.6. The summed E-state index contributed by atoms with van der Waals surface area (Å²) in [5.74, 6) is 0. The molecule has 282 valence electrons. The fourth-order valence-electron chi connectivity index (χ4n) is 9.31. The normalized spacial score (nSPS) is 12.2. The number of fused-ring (bicyclic) bond motifs is 14. The second-order valence-electron chi connectivity index (χ2n) is 15.0. The molecule has 0 N–H and O–H groups in total. The molecule has 12 aromatic rings. The highest BCUT2D eigenvalue weighted by molar-refractivity contribution is 7.26. The van der Waals surface area contributed by atoms with Crippen molar-refractivity contribution in [1.29, 1.82) is 10.5 Å². The van der Waals surface area contributed by atoms with Gasteiger partial charge in [0, 0.05) is 67.5 Å². The third-order valence-electron chi connectivity index (χ3n) is 11.8. The highest BCUT2D eigenvalue weighted by Gasteiger charge is 2.32. The van der Waals surface area contributed by atoms with E-state index in [1.165, 1.54) is 6.07 Å². The van der Waals surface area contributed by atoms with Crippen molar-refractivity contribution < 1.29 is 13.2 Å². The van der Waals surface area contributed by atoms with Gasteiger partial charge in [-0.05, 0) is 72.3 Å². The van der Waals surface area contributed by atoms with Crippen LogP contribution in [0.25, 0.3) is 106 Å². The number of aromatic nitrogens is 2. The summed E-state index contributed by atoms with van der Waals surface area (Å²) >= 11 is 3.44. The smallest absolute Gasteiger partial charge is 0.306 e. The number of hydrogen-bond acceptors (Lipinski definition) is 4. The van der Waals surface area contributed by atoms with E-state index in [2.05, 4.69) is 88.0 Å². The zero-order valence-corrected chi connectivity index (χ0v) is 32.8. The molecule has 9 heteroatoms. The lowest BCUT2D eigenvalue weighted by molar-refractivity contribution is -0.137. The van der Waals surface area contributed by atoms with Crippen LogP contribution in [0.15, 0.2) is 152 Å². The average molecular weight is 815 g/mol. The Kier molecular flexibility index (Phi) is 7.23. The van der Waals surface area contributed by atoms with Crippen LogP contribution in [0.5, 0.6) is 0 Å². The molecule has 0 spiro atoms. The van der Waals surface area contributed by atoms with E-state index in [0.717, 1.165) is 96.1 Å². The number of benzene rings is 8. The molecule has 0 amide bonds. The van der Waals surface area contributed by atoms with Gasteiger partial charge in [0.15, 0.2) is 0 Å². The molecule has 4 nitrogen and oxygen atoms in total.